The van der Waals surface area contributed by atoms with Crippen LogP contribution in [0.25, 0.3) is 0 Å². The van der Waals surface area contributed by atoms with Crippen LogP contribution in [0, 0.1) is 23.7 Å². The minimum atomic E-state index is 0.733. The van der Waals surface area contributed by atoms with Crippen molar-refractivity contribution in [2.24, 2.45) is 23.7 Å². The van der Waals surface area contributed by atoms with Crippen LogP contribution in [-0.4, -0.2) is 12.1 Å². The third kappa shape index (κ3) is 4.21. The SMILES string of the molecule is CC1CCC(C(C)NC2CCCCC2C(C)C)CC1. The summed E-state index contributed by atoms with van der Waals surface area (Å²) in [5.41, 5.74) is 0. The van der Waals surface area contributed by atoms with Gasteiger partial charge in [-0.05, 0) is 56.3 Å². The van der Waals surface area contributed by atoms with Gasteiger partial charge in [-0.15, -0.1) is 0 Å². The van der Waals surface area contributed by atoms with E-state index >= 15 is 0 Å². The van der Waals surface area contributed by atoms with Crippen molar-refractivity contribution in [3.8, 4) is 0 Å². The van der Waals surface area contributed by atoms with Gasteiger partial charge in [-0.2, -0.15) is 0 Å². The molecular weight excluding hydrogens is 230 g/mol. The minimum absolute atomic E-state index is 0.733. The highest BCUT2D eigenvalue weighted by atomic mass is 15.0. The van der Waals surface area contributed by atoms with E-state index in [4.69, 9.17) is 0 Å². The summed E-state index contributed by atoms with van der Waals surface area (Å²) in [7, 11) is 0. The summed E-state index contributed by atoms with van der Waals surface area (Å²) in [6, 6.07) is 1.53. The summed E-state index contributed by atoms with van der Waals surface area (Å²) in [6.45, 7) is 9.70. The molecule has 2 fully saturated rings. The van der Waals surface area contributed by atoms with Crippen LogP contribution in [0.15, 0.2) is 0 Å². The van der Waals surface area contributed by atoms with Crippen LogP contribution in [0.1, 0.15) is 79.1 Å². The highest BCUT2D eigenvalue weighted by Crippen LogP contribution is 2.34. The van der Waals surface area contributed by atoms with Crippen LogP contribution in [-0.2, 0) is 0 Å². The van der Waals surface area contributed by atoms with Gasteiger partial charge in [0.15, 0.2) is 0 Å². The maximum atomic E-state index is 4.03. The quantitative estimate of drug-likeness (QED) is 0.754. The van der Waals surface area contributed by atoms with Crippen molar-refractivity contribution in [2.45, 2.75) is 91.1 Å². The van der Waals surface area contributed by atoms with E-state index in [1.54, 1.807) is 0 Å². The van der Waals surface area contributed by atoms with Crippen molar-refractivity contribution in [1.29, 1.82) is 0 Å². The van der Waals surface area contributed by atoms with Crippen molar-refractivity contribution >= 4 is 0 Å². The molecule has 1 nitrogen and oxygen atoms in total. The maximum Gasteiger partial charge on any atom is 0.0100 e. The van der Waals surface area contributed by atoms with E-state index in [9.17, 15) is 0 Å². The topological polar surface area (TPSA) is 12.0 Å². The molecule has 2 aliphatic carbocycles. The number of hydrogen-bond donors (Lipinski definition) is 1. The normalized spacial score (nSPS) is 38.4. The van der Waals surface area contributed by atoms with Crippen LogP contribution >= 0.6 is 0 Å². The smallest absolute Gasteiger partial charge is 0.0100 e. The second-order valence-corrected chi connectivity index (χ2v) is 7.77. The van der Waals surface area contributed by atoms with Gasteiger partial charge in [0.2, 0.25) is 0 Å². The maximum absolute atomic E-state index is 4.03. The van der Waals surface area contributed by atoms with Gasteiger partial charge in [-0.3, -0.25) is 0 Å². The molecule has 0 amide bonds. The Morgan fingerprint density at radius 3 is 2.11 bits per heavy atom. The van der Waals surface area contributed by atoms with Crippen LogP contribution < -0.4 is 5.32 Å². The lowest BCUT2D eigenvalue weighted by Crippen LogP contribution is -2.48. The molecule has 0 aromatic heterocycles. The molecule has 2 aliphatic rings. The Kier molecular flexibility index (Phi) is 5.74. The molecule has 1 N–H and O–H groups in total. The molecule has 2 rings (SSSR count). The molecule has 0 aromatic carbocycles. The van der Waals surface area contributed by atoms with Crippen molar-refractivity contribution < 1.29 is 0 Å². The predicted octanol–water partition coefficient (Wildman–Crippen LogP) is 5.01. The van der Waals surface area contributed by atoms with Gasteiger partial charge < -0.3 is 5.32 Å². The zero-order valence-corrected chi connectivity index (χ0v) is 13.6. The van der Waals surface area contributed by atoms with Crippen molar-refractivity contribution in [2.75, 3.05) is 0 Å². The first kappa shape index (κ1) is 15.4. The first-order chi connectivity index (χ1) is 9.08. The average Bonchev–Trinajstić information content (AvgIpc) is 2.39. The van der Waals surface area contributed by atoms with E-state index in [2.05, 4.69) is 33.0 Å². The van der Waals surface area contributed by atoms with Crippen LogP contribution in [0.5, 0.6) is 0 Å². The zero-order chi connectivity index (χ0) is 13.8. The molecule has 3 unspecified atom stereocenters. The monoisotopic (exact) mass is 265 g/mol. The Balaban J connectivity index is 1.84. The molecule has 0 heterocycles. The molecule has 0 aromatic rings. The summed E-state index contributed by atoms with van der Waals surface area (Å²) in [4.78, 5) is 0. The summed E-state index contributed by atoms with van der Waals surface area (Å²) in [5.74, 6) is 3.67. The van der Waals surface area contributed by atoms with Crippen LogP contribution in [0.2, 0.25) is 0 Å². The van der Waals surface area contributed by atoms with Crippen molar-refractivity contribution in [1.82, 2.24) is 5.32 Å². The summed E-state index contributed by atoms with van der Waals surface area (Å²) >= 11 is 0. The highest BCUT2D eigenvalue weighted by molar-refractivity contribution is 4.87. The molecule has 0 spiro atoms. The summed E-state index contributed by atoms with van der Waals surface area (Å²) in [5, 5.41) is 4.03. The second-order valence-electron chi connectivity index (χ2n) is 7.77. The average molecular weight is 265 g/mol. The van der Waals surface area contributed by atoms with Crippen LogP contribution in [0.3, 0.4) is 0 Å². The molecule has 0 bridgehead atoms. The lowest BCUT2D eigenvalue weighted by Gasteiger charge is -2.40. The summed E-state index contributed by atoms with van der Waals surface area (Å²) in [6.07, 6.45) is 11.6. The van der Waals surface area contributed by atoms with E-state index in [0.717, 1.165) is 35.8 Å². The molecule has 0 aliphatic heterocycles. The second kappa shape index (κ2) is 7.11. The van der Waals surface area contributed by atoms with E-state index in [0.29, 0.717) is 0 Å². The lowest BCUT2D eigenvalue weighted by molar-refractivity contribution is 0.161. The van der Waals surface area contributed by atoms with Gasteiger partial charge in [-0.25, -0.2) is 0 Å². The molecule has 0 radical (unpaired) electrons. The fourth-order valence-electron chi connectivity index (χ4n) is 4.42. The highest BCUT2D eigenvalue weighted by Gasteiger charge is 2.31. The fraction of sp³-hybridized carbons (Fsp3) is 1.00. The van der Waals surface area contributed by atoms with Gasteiger partial charge >= 0.3 is 0 Å². The Hall–Kier alpha value is -0.0400. The van der Waals surface area contributed by atoms with Gasteiger partial charge in [-0.1, -0.05) is 46.5 Å². The van der Waals surface area contributed by atoms with Gasteiger partial charge in [0.25, 0.3) is 0 Å². The Morgan fingerprint density at radius 1 is 0.842 bits per heavy atom. The molecule has 3 atom stereocenters. The number of nitrogens with one attached hydrogen (secondary N) is 1. The zero-order valence-electron chi connectivity index (χ0n) is 13.6. The Labute approximate surface area is 120 Å². The lowest BCUT2D eigenvalue weighted by atomic mass is 9.76. The largest absolute Gasteiger partial charge is 0.311 e. The third-order valence-electron chi connectivity index (χ3n) is 5.92. The van der Waals surface area contributed by atoms with Gasteiger partial charge in [0, 0.05) is 12.1 Å². The fourth-order valence-corrected chi connectivity index (χ4v) is 4.42. The Morgan fingerprint density at radius 2 is 1.47 bits per heavy atom. The minimum Gasteiger partial charge on any atom is -0.311 e. The first-order valence-corrected chi connectivity index (χ1v) is 8.84. The predicted molar refractivity (Wildman–Crippen MR) is 84.3 cm³/mol. The third-order valence-corrected chi connectivity index (χ3v) is 5.92. The molecule has 19 heavy (non-hydrogen) atoms. The standard InChI is InChI=1S/C18H35N/c1-13(2)17-7-5-6-8-18(17)19-15(4)16-11-9-14(3)10-12-16/h13-19H,5-12H2,1-4H3. The number of rotatable bonds is 4. The Bertz CT molecular complexity index is 252. The molecular formula is C18H35N. The molecule has 2 saturated carbocycles. The van der Waals surface area contributed by atoms with Gasteiger partial charge in [0.05, 0.1) is 0 Å². The molecule has 0 saturated heterocycles. The number of hydrogen-bond acceptors (Lipinski definition) is 1. The molecule has 112 valence electrons. The van der Waals surface area contributed by atoms with Crippen molar-refractivity contribution in [3.05, 3.63) is 0 Å². The van der Waals surface area contributed by atoms with E-state index in [1.807, 2.05) is 0 Å². The first-order valence-electron chi connectivity index (χ1n) is 8.84. The van der Waals surface area contributed by atoms with E-state index in [1.165, 1.54) is 51.4 Å². The summed E-state index contributed by atoms with van der Waals surface area (Å²) < 4.78 is 0. The van der Waals surface area contributed by atoms with Gasteiger partial charge in [0.1, 0.15) is 0 Å². The van der Waals surface area contributed by atoms with Crippen LogP contribution in [0.4, 0.5) is 0 Å². The van der Waals surface area contributed by atoms with E-state index < -0.39 is 0 Å². The molecule has 1 heteroatoms. The van der Waals surface area contributed by atoms with E-state index in [-0.39, 0.29) is 0 Å². The van der Waals surface area contributed by atoms with Crippen molar-refractivity contribution in [3.63, 3.8) is 0 Å².